The largest absolute Gasteiger partial charge is 0.381 e. The zero-order valence-electron chi connectivity index (χ0n) is 30.8. The maximum absolute atomic E-state index is 13.5. The Hall–Kier alpha value is -3.85. The average Bonchev–Trinajstić information content (AvgIpc) is 3.92. The van der Waals surface area contributed by atoms with E-state index in [2.05, 4.69) is 26.6 Å². The number of aryl methyl sites for hydroxylation is 2. The number of benzene rings is 2. The molecule has 0 bridgehead atoms. The van der Waals surface area contributed by atoms with Crippen molar-refractivity contribution in [3.63, 3.8) is 0 Å². The van der Waals surface area contributed by atoms with Gasteiger partial charge in [0.25, 0.3) is 0 Å². The molecule has 2 aromatic carbocycles. The zero-order chi connectivity index (χ0) is 39.7. The third-order valence-electron chi connectivity index (χ3n) is 8.78. The molecule has 4 fully saturated rings. The molecular formula is C38H58Cl2F2N6O7. The molecule has 4 heterocycles. The number of nitrogens with zero attached hydrogens (tertiary/aromatic N) is 1. The van der Waals surface area contributed by atoms with E-state index in [4.69, 9.17) is 42.3 Å². The van der Waals surface area contributed by atoms with E-state index >= 15 is 0 Å². The van der Waals surface area contributed by atoms with E-state index in [1.54, 1.807) is 38.1 Å². The number of hydrogen-bond donors (Lipinski definition) is 5. The Morgan fingerprint density at radius 1 is 0.800 bits per heavy atom. The van der Waals surface area contributed by atoms with Crippen molar-refractivity contribution in [2.45, 2.75) is 78.3 Å². The highest BCUT2D eigenvalue weighted by molar-refractivity contribution is 6.40. The molecule has 4 aliphatic rings. The number of urea groups is 2. The summed E-state index contributed by atoms with van der Waals surface area (Å²) >= 11 is 9.53. The number of likely N-dealkylation sites (tertiary alicyclic amines) is 1. The van der Waals surface area contributed by atoms with Crippen LogP contribution in [0.1, 0.15) is 64.9 Å². The van der Waals surface area contributed by atoms with Crippen LogP contribution in [0.3, 0.4) is 0 Å². The minimum atomic E-state index is -0.350. The van der Waals surface area contributed by atoms with Crippen molar-refractivity contribution in [3.8, 4) is 0 Å². The van der Waals surface area contributed by atoms with E-state index in [0.717, 1.165) is 58.4 Å². The van der Waals surface area contributed by atoms with Crippen LogP contribution in [-0.4, -0.2) is 99.1 Å². The molecule has 0 aromatic heterocycles. The number of alkyl halides is 2. The fourth-order valence-corrected chi connectivity index (χ4v) is 5.75. The minimum absolute atomic E-state index is 0. The number of nitrogens with one attached hydrogen (secondary N) is 5. The average molecular weight is 821 g/mol. The number of anilines is 2. The van der Waals surface area contributed by atoms with Gasteiger partial charge in [-0.1, -0.05) is 19.6 Å². The first-order chi connectivity index (χ1) is 26.0. The molecule has 4 saturated heterocycles. The van der Waals surface area contributed by atoms with E-state index in [0.29, 0.717) is 48.8 Å². The van der Waals surface area contributed by atoms with Crippen LogP contribution in [0.15, 0.2) is 36.4 Å². The van der Waals surface area contributed by atoms with Gasteiger partial charge in [-0.25, -0.2) is 18.4 Å². The Morgan fingerprint density at radius 3 is 1.64 bits per heavy atom. The lowest BCUT2D eigenvalue weighted by Gasteiger charge is -2.33. The molecule has 2 aromatic rings. The number of rotatable bonds is 5. The fourth-order valence-electron chi connectivity index (χ4n) is 5.75. The third kappa shape index (κ3) is 20.1. The van der Waals surface area contributed by atoms with Gasteiger partial charge in [0.05, 0.1) is 17.9 Å². The molecule has 0 spiro atoms. The van der Waals surface area contributed by atoms with Gasteiger partial charge in [-0.2, -0.15) is 9.59 Å². The predicted octanol–water partition coefficient (Wildman–Crippen LogP) is 6.81. The van der Waals surface area contributed by atoms with Crippen LogP contribution < -0.4 is 26.6 Å². The van der Waals surface area contributed by atoms with Crippen molar-refractivity contribution in [1.29, 1.82) is 0 Å². The zero-order valence-corrected chi connectivity index (χ0v) is 32.3. The van der Waals surface area contributed by atoms with Crippen molar-refractivity contribution in [1.82, 2.24) is 20.9 Å². The van der Waals surface area contributed by atoms with Crippen LogP contribution in [0.25, 0.3) is 0 Å². The number of carbonyl (C=O) groups excluding carboxylic acids is 5. The Morgan fingerprint density at radius 2 is 1.25 bits per heavy atom. The summed E-state index contributed by atoms with van der Waals surface area (Å²) in [6, 6.07) is 8.86. The van der Waals surface area contributed by atoms with Gasteiger partial charge >= 0.3 is 18.2 Å². The molecule has 4 aliphatic heterocycles. The van der Waals surface area contributed by atoms with E-state index in [-0.39, 0.29) is 67.9 Å². The lowest BCUT2D eigenvalue weighted by Crippen LogP contribution is -2.49. The van der Waals surface area contributed by atoms with Gasteiger partial charge in [0.1, 0.15) is 11.6 Å². The summed E-state index contributed by atoms with van der Waals surface area (Å²) in [4.78, 5) is 54.2. The van der Waals surface area contributed by atoms with E-state index in [1.807, 2.05) is 4.90 Å². The van der Waals surface area contributed by atoms with Gasteiger partial charge in [-0.05, 0) is 107 Å². The molecule has 310 valence electrons. The van der Waals surface area contributed by atoms with Gasteiger partial charge in [0.2, 0.25) is 5.91 Å². The summed E-state index contributed by atoms with van der Waals surface area (Å²) in [5.74, 6) is -0.505. The molecule has 17 heteroatoms. The monoisotopic (exact) mass is 819 g/mol. The smallest absolute Gasteiger partial charge is 0.373 e. The van der Waals surface area contributed by atoms with Crippen molar-refractivity contribution in [2.75, 3.05) is 68.6 Å². The Bertz CT molecular complexity index is 1460. The summed E-state index contributed by atoms with van der Waals surface area (Å²) in [5.41, 5.74) is 2.01. The number of carbonyl (C=O) groups is 3. The molecule has 0 aliphatic carbocycles. The van der Waals surface area contributed by atoms with Crippen LogP contribution in [0.2, 0.25) is 0 Å². The van der Waals surface area contributed by atoms with Gasteiger partial charge in [-0.15, -0.1) is 23.2 Å². The predicted molar refractivity (Wildman–Crippen MR) is 211 cm³/mol. The second-order valence-electron chi connectivity index (χ2n) is 12.8. The first-order valence-corrected chi connectivity index (χ1v) is 19.0. The molecule has 6 rings (SSSR count). The molecule has 0 unspecified atom stereocenters. The highest BCUT2D eigenvalue weighted by atomic mass is 35.5. The maximum atomic E-state index is 13.5. The van der Waals surface area contributed by atoms with Gasteiger partial charge < -0.3 is 41.0 Å². The van der Waals surface area contributed by atoms with Crippen LogP contribution in [-0.2, 0) is 23.9 Å². The molecule has 1 atom stereocenters. The first kappa shape index (κ1) is 49.2. The molecule has 0 saturated carbocycles. The molecule has 55 heavy (non-hydrogen) atoms. The summed E-state index contributed by atoms with van der Waals surface area (Å²) in [7, 11) is 0. The molecule has 5 amide bonds. The Labute approximate surface area is 334 Å². The minimum Gasteiger partial charge on any atom is -0.381 e. The third-order valence-corrected chi connectivity index (χ3v) is 8.78. The maximum Gasteiger partial charge on any atom is 0.373 e. The van der Waals surface area contributed by atoms with E-state index in [1.165, 1.54) is 25.0 Å². The lowest BCUT2D eigenvalue weighted by molar-refractivity contribution is -0.191. The summed E-state index contributed by atoms with van der Waals surface area (Å²) in [6.45, 7) is 9.66. The first-order valence-electron chi connectivity index (χ1n) is 17.9. The van der Waals surface area contributed by atoms with E-state index < -0.39 is 0 Å². The second kappa shape index (κ2) is 28.5. The van der Waals surface area contributed by atoms with Crippen molar-refractivity contribution in [3.05, 3.63) is 59.2 Å². The lowest BCUT2D eigenvalue weighted by atomic mass is 10.0. The Kier molecular flexibility index (Phi) is 25.5. The number of ether oxygens (including phenoxy) is 2. The van der Waals surface area contributed by atoms with Gasteiger partial charge in [0, 0.05) is 57.8 Å². The van der Waals surface area contributed by atoms with Crippen LogP contribution in [0.5, 0.6) is 0 Å². The fraction of sp³-hybridized carbons (Fsp3) is 0.579. The number of amides is 5. The molecular weight excluding hydrogens is 761 g/mol. The standard InChI is InChI=1S/C18H24FN3O3.C13H18FN3O.C4H8O.CH2Cl2.CO2.CH4.H2/c1-12-2-3-15(10-16(12)19)21-18(24)20-14-4-7-22(8-5-14)17(23)13-6-9-25-11-13;1-9-2-3-11(8-12(9)14)17-13(18)16-10-4-6-15-7-5-10;1-2-4-5-3-1;2*2-1-3;;/h2-3,10,13-14H,4-9,11H2,1H3,(H2,20,21,24);2-3,8,10,15H,4-7H2,1H3,(H2,16,17,18);1-4H2;1H2;;1H4;1H/t13-;;;;;;/m1....../s1/i;;;;;;1+1. The molecule has 0 radical (unpaired) electrons. The normalized spacial score (nSPS) is 17.6. The van der Waals surface area contributed by atoms with Crippen LogP contribution >= 0.6 is 23.2 Å². The molecule has 5 N–H and O–H groups in total. The van der Waals surface area contributed by atoms with Crippen molar-refractivity contribution >= 4 is 58.7 Å². The topological polar surface area (TPSA) is 167 Å². The molecule has 13 nitrogen and oxygen atoms in total. The summed E-state index contributed by atoms with van der Waals surface area (Å²) in [6.07, 6.45) is 6.89. The number of hydrogen-bond acceptors (Lipinski definition) is 8. The van der Waals surface area contributed by atoms with Crippen LogP contribution in [0, 0.1) is 31.4 Å². The van der Waals surface area contributed by atoms with Crippen molar-refractivity contribution in [2.24, 2.45) is 5.92 Å². The quantitative estimate of drug-likeness (QED) is 0.205. The van der Waals surface area contributed by atoms with E-state index in [9.17, 15) is 23.2 Å². The van der Waals surface area contributed by atoms with Crippen LogP contribution in [0.4, 0.5) is 29.7 Å². The van der Waals surface area contributed by atoms with Crippen molar-refractivity contribution < 1.29 is 43.7 Å². The second-order valence-corrected chi connectivity index (χ2v) is 13.6. The highest BCUT2D eigenvalue weighted by Gasteiger charge is 2.31. The Balaban J connectivity index is 0.000000849. The number of piperidine rings is 2. The summed E-state index contributed by atoms with van der Waals surface area (Å²) < 4.78 is 37.0. The van der Waals surface area contributed by atoms with Gasteiger partial charge in [0.15, 0.2) is 0 Å². The summed E-state index contributed by atoms with van der Waals surface area (Å²) in [5, 5.41) is 14.5. The highest BCUT2D eigenvalue weighted by Crippen LogP contribution is 2.20. The van der Waals surface area contributed by atoms with Gasteiger partial charge in [-0.3, -0.25) is 4.79 Å². The SMILES string of the molecule is C.C1CCOC1.Cc1ccc(NC(=O)NC2CCN(C(=O)[C@@H]3CCOC3)CC2)cc1F.Cc1ccc(NC(=O)NC2CCNCC2)cc1F.ClCCl.O=C=O.[2HH]. The number of halogens is 4.